The van der Waals surface area contributed by atoms with E-state index >= 15 is 0 Å². The SMILES string of the molecule is CCN(CC)CCCc1ccc2[nH]c(/C=C3/C(=O)Nc4ccc(S(=O)(=O)Nc5cccnc5)cc43)cc2c1. The smallest absolute Gasteiger partial charge is 0.261 e. The number of rotatable bonds is 10. The first-order valence-corrected chi connectivity index (χ1v) is 14.3. The van der Waals surface area contributed by atoms with Crippen molar-refractivity contribution in [1.82, 2.24) is 14.9 Å². The molecule has 9 heteroatoms. The molecule has 5 rings (SSSR count). The topological polar surface area (TPSA) is 107 Å². The van der Waals surface area contributed by atoms with Crippen molar-refractivity contribution in [2.24, 2.45) is 0 Å². The molecule has 0 radical (unpaired) electrons. The Kier molecular flexibility index (Phi) is 7.31. The summed E-state index contributed by atoms with van der Waals surface area (Å²) in [6.07, 6.45) is 6.89. The van der Waals surface area contributed by atoms with Crippen LogP contribution in [0.25, 0.3) is 22.6 Å². The molecule has 8 nitrogen and oxygen atoms in total. The van der Waals surface area contributed by atoms with Crippen molar-refractivity contribution in [2.45, 2.75) is 31.6 Å². The number of nitrogens with one attached hydrogen (secondary N) is 3. The predicted octanol–water partition coefficient (Wildman–Crippen LogP) is 5.13. The number of carbonyl (C=O) groups excluding carboxylic acids is 1. The molecule has 3 heterocycles. The quantitative estimate of drug-likeness (QED) is 0.247. The van der Waals surface area contributed by atoms with Gasteiger partial charge in [0.25, 0.3) is 15.9 Å². The van der Waals surface area contributed by atoms with E-state index in [2.05, 4.69) is 57.0 Å². The lowest BCUT2D eigenvalue weighted by atomic mass is 10.1. The first-order chi connectivity index (χ1) is 18.4. The molecule has 0 saturated carbocycles. The van der Waals surface area contributed by atoms with Gasteiger partial charge in [-0.2, -0.15) is 0 Å². The summed E-state index contributed by atoms with van der Waals surface area (Å²) in [6.45, 7) is 7.59. The normalized spacial score (nSPS) is 14.3. The molecule has 0 aliphatic carbocycles. The second-order valence-corrected chi connectivity index (χ2v) is 11.0. The highest BCUT2D eigenvalue weighted by Gasteiger charge is 2.27. The first kappa shape index (κ1) is 25.7. The van der Waals surface area contributed by atoms with E-state index in [9.17, 15) is 13.2 Å². The number of H-pyrrole nitrogens is 1. The number of aromatic nitrogens is 2. The molecule has 0 bridgehead atoms. The van der Waals surface area contributed by atoms with Gasteiger partial charge in [0, 0.05) is 34.0 Å². The number of pyridine rings is 1. The highest BCUT2D eigenvalue weighted by atomic mass is 32.2. The molecule has 0 saturated heterocycles. The highest BCUT2D eigenvalue weighted by Crippen LogP contribution is 2.35. The van der Waals surface area contributed by atoms with Gasteiger partial charge in [0.2, 0.25) is 0 Å². The summed E-state index contributed by atoms with van der Waals surface area (Å²) in [5.74, 6) is -0.273. The molecule has 0 unspecified atom stereocenters. The lowest BCUT2D eigenvalue weighted by Gasteiger charge is -2.17. The van der Waals surface area contributed by atoms with E-state index in [4.69, 9.17) is 0 Å². The van der Waals surface area contributed by atoms with Gasteiger partial charge in [-0.1, -0.05) is 19.9 Å². The van der Waals surface area contributed by atoms with Gasteiger partial charge in [-0.3, -0.25) is 14.5 Å². The second kappa shape index (κ2) is 10.8. The van der Waals surface area contributed by atoms with E-state index in [1.54, 1.807) is 30.5 Å². The number of sulfonamides is 1. The van der Waals surface area contributed by atoms with Gasteiger partial charge in [0.15, 0.2) is 0 Å². The Morgan fingerprint density at radius 3 is 2.66 bits per heavy atom. The van der Waals surface area contributed by atoms with Crippen molar-refractivity contribution < 1.29 is 13.2 Å². The number of carbonyl (C=O) groups is 1. The third-order valence-electron chi connectivity index (χ3n) is 6.84. The summed E-state index contributed by atoms with van der Waals surface area (Å²) < 4.78 is 28.5. The van der Waals surface area contributed by atoms with Crippen molar-refractivity contribution in [1.29, 1.82) is 0 Å². The van der Waals surface area contributed by atoms with Crippen LogP contribution in [0.5, 0.6) is 0 Å². The Hall–Kier alpha value is -3.95. The Morgan fingerprint density at radius 2 is 1.89 bits per heavy atom. The fourth-order valence-corrected chi connectivity index (χ4v) is 5.82. The van der Waals surface area contributed by atoms with Gasteiger partial charge < -0.3 is 15.2 Å². The summed E-state index contributed by atoms with van der Waals surface area (Å²) >= 11 is 0. The van der Waals surface area contributed by atoms with Gasteiger partial charge >= 0.3 is 0 Å². The molecule has 4 aromatic rings. The van der Waals surface area contributed by atoms with Gasteiger partial charge in [-0.25, -0.2) is 8.42 Å². The van der Waals surface area contributed by atoms with Crippen LogP contribution in [0, 0.1) is 0 Å². The molecule has 0 spiro atoms. The summed E-state index contributed by atoms with van der Waals surface area (Å²) in [6, 6.07) is 16.3. The Labute approximate surface area is 222 Å². The van der Waals surface area contributed by atoms with E-state index in [0.717, 1.165) is 49.1 Å². The molecule has 2 aromatic carbocycles. The number of aromatic amines is 1. The molecule has 196 valence electrons. The second-order valence-electron chi connectivity index (χ2n) is 9.34. The molecule has 38 heavy (non-hydrogen) atoms. The average Bonchev–Trinajstić information content (AvgIpc) is 3.46. The lowest BCUT2D eigenvalue weighted by Crippen LogP contribution is -2.24. The third kappa shape index (κ3) is 5.49. The number of fused-ring (bicyclic) bond motifs is 2. The minimum Gasteiger partial charge on any atom is -0.355 e. The van der Waals surface area contributed by atoms with Crippen LogP contribution in [0.15, 0.2) is 71.9 Å². The van der Waals surface area contributed by atoms with Crippen LogP contribution in [-0.4, -0.2) is 48.8 Å². The Balaban J connectivity index is 1.39. The molecule has 1 amide bonds. The fourth-order valence-electron chi connectivity index (χ4n) is 4.75. The minimum absolute atomic E-state index is 0.0634. The molecule has 0 atom stereocenters. The van der Waals surface area contributed by atoms with E-state index in [0.29, 0.717) is 22.5 Å². The summed E-state index contributed by atoms with van der Waals surface area (Å²) in [4.78, 5) is 22.6. The minimum atomic E-state index is -3.86. The van der Waals surface area contributed by atoms with Crippen molar-refractivity contribution >= 4 is 49.9 Å². The zero-order valence-corrected chi connectivity index (χ0v) is 22.3. The van der Waals surface area contributed by atoms with Crippen LogP contribution in [0.2, 0.25) is 0 Å². The molecule has 2 aromatic heterocycles. The third-order valence-corrected chi connectivity index (χ3v) is 8.22. The number of aryl methyl sites for hydroxylation is 1. The largest absolute Gasteiger partial charge is 0.355 e. The maximum atomic E-state index is 13.0. The standard InChI is InChI=1S/C29H31N5O3S/c1-3-34(4-2)14-6-7-20-9-11-27-21(15-20)16-23(31-27)17-26-25-18-24(10-12-28(25)32-29(26)35)38(36,37)33-22-8-5-13-30-19-22/h5,8-13,15-19,31,33H,3-4,6-7,14H2,1-2H3,(H,32,35)/b26-17+. The van der Waals surface area contributed by atoms with Gasteiger partial charge in [0.05, 0.1) is 22.4 Å². The number of amides is 1. The fraction of sp³-hybridized carbons (Fsp3) is 0.241. The number of nitrogens with zero attached hydrogens (tertiary/aromatic N) is 2. The highest BCUT2D eigenvalue weighted by molar-refractivity contribution is 7.92. The maximum absolute atomic E-state index is 13.0. The van der Waals surface area contributed by atoms with Crippen LogP contribution in [0.1, 0.15) is 37.1 Å². The predicted molar refractivity (Wildman–Crippen MR) is 152 cm³/mol. The number of benzene rings is 2. The first-order valence-electron chi connectivity index (χ1n) is 12.8. The van der Waals surface area contributed by atoms with Crippen molar-refractivity contribution in [3.8, 4) is 0 Å². The van der Waals surface area contributed by atoms with Crippen LogP contribution in [0.4, 0.5) is 11.4 Å². The van der Waals surface area contributed by atoms with E-state index in [1.165, 1.54) is 23.9 Å². The molecular weight excluding hydrogens is 498 g/mol. The Bertz CT molecular complexity index is 1610. The van der Waals surface area contributed by atoms with E-state index < -0.39 is 10.0 Å². The molecular formula is C29H31N5O3S. The summed E-state index contributed by atoms with van der Waals surface area (Å²) in [7, 11) is -3.86. The summed E-state index contributed by atoms with van der Waals surface area (Å²) in [5, 5.41) is 3.91. The molecule has 0 fully saturated rings. The van der Waals surface area contributed by atoms with Gasteiger partial charge in [0.1, 0.15) is 0 Å². The van der Waals surface area contributed by atoms with Crippen LogP contribution < -0.4 is 10.0 Å². The number of anilines is 2. The van der Waals surface area contributed by atoms with Crippen LogP contribution in [0.3, 0.4) is 0 Å². The number of hydrogen-bond donors (Lipinski definition) is 3. The van der Waals surface area contributed by atoms with E-state index in [1.807, 2.05) is 6.07 Å². The van der Waals surface area contributed by atoms with Crippen molar-refractivity contribution in [2.75, 3.05) is 29.7 Å². The Morgan fingerprint density at radius 1 is 1.05 bits per heavy atom. The van der Waals surface area contributed by atoms with Crippen LogP contribution in [-0.2, 0) is 21.2 Å². The molecule has 1 aliphatic rings. The maximum Gasteiger partial charge on any atom is 0.261 e. The van der Waals surface area contributed by atoms with Crippen molar-refractivity contribution in [3.05, 3.63) is 83.8 Å². The van der Waals surface area contributed by atoms with Gasteiger partial charge in [-0.05, 0) is 92.6 Å². The van der Waals surface area contributed by atoms with E-state index in [-0.39, 0.29) is 10.8 Å². The molecule has 3 N–H and O–H groups in total. The lowest BCUT2D eigenvalue weighted by molar-refractivity contribution is -0.110. The number of hydrogen-bond acceptors (Lipinski definition) is 5. The van der Waals surface area contributed by atoms with Crippen molar-refractivity contribution in [3.63, 3.8) is 0 Å². The monoisotopic (exact) mass is 529 g/mol. The molecule has 1 aliphatic heterocycles. The summed E-state index contributed by atoms with van der Waals surface area (Å²) in [5.41, 5.74) is 4.93. The van der Waals surface area contributed by atoms with Crippen LogP contribution >= 0.6 is 0 Å². The van der Waals surface area contributed by atoms with Gasteiger partial charge in [-0.15, -0.1) is 0 Å². The zero-order chi connectivity index (χ0) is 26.7. The zero-order valence-electron chi connectivity index (χ0n) is 21.5. The average molecular weight is 530 g/mol.